The van der Waals surface area contributed by atoms with Gasteiger partial charge < -0.3 is 14.4 Å². The lowest BCUT2D eigenvalue weighted by molar-refractivity contribution is 0.0698. The van der Waals surface area contributed by atoms with E-state index in [4.69, 9.17) is 4.98 Å². The fourth-order valence-electron chi connectivity index (χ4n) is 4.77. The molecule has 1 fully saturated rings. The molecular formula is C26H38N6O3S. The highest BCUT2D eigenvalue weighted by molar-refractivity contribution is 7.91. The molecule has 0 spiro atoms. The molecule has 1 aliphatic rings. The lowest BCUT2D eigenvalue weighted by atomic mass is 9.92. The van der Waals surface area contributed by atoms with E-state index in [2.05, 4.69) is 40.4 Å². The highest BCUT2D eigenvalue weighted by Gasteiger charge is 2.29. The van der Waals surface area contributed by atoms with Crippen LogP contribution in [0, 0.1) is 11.3 Å². The molecule has 1 aliphatic heterocycles. The Labute approximate surface area is 213 Å². The number of likely N-dealkylation sites (tertiary alicyclic amines) is 1. The molecule has 3 heterocycles. The zero-order valence-electron chi connectivity index (χ0n) is 22.0. The number of amides is 1. The van der Waals surface area contributed by atoms with E-state index in [9.17, 15) is 13.2 Å². The van der Waals surface area contributed by atoms with Gasteiger partial charge in [-0.25, -0.2) is 13.4 Å². The Morgan fingerprint density at radius 1 is 1.19 bits per heavy atom. The van der Waals surface area contributed by atoms with E-state index in [1.807, 2.05) is 20.2 Å². The van der Waals surface area contributed by atoms with Crippen molar-refractivity contribution < 1.29 is 13.2 Å². The summed E-state index contributed by atoms with van der Waals surface area (Å²) in [5, 5.41) is 6.50. The lowest BCUT2D eigenvalue weighted by Crippen LogP contribution is -2.39. The van der Waals surface area contributed by atoms with Crippen LogP contribution in [0.4, 0.5) is 0 Å². The van der Waals surface area contributed by atoms with Crippen molar-refractivity contribution in [3.8, 4) is 0 Å². The van der Waals surface area contributed by atoms with Gasteiger partial charge in [-0.15, -0.1) is 0 Å². The quantitative estimate of drug-likeness (QED) is 0.495. The summed E-state index contributed by atoms with van der Waals surface area (Å²) >= 11 is 0. The fraction of sp³-hybridized carbons (Fsp3) is 0.577. The van der Waals surface area contributed by atoms with Gasteiger partial charge in [0.1, 0.15) is 5.82 Å². The first-order valence-corrected chi connectivity index (χ1v) is 14.2. The van der Waals surface area contributed by atoms with Crippen molar-refractivity contribution >= 4 is 26.8 Å². The zero-order chi connectivity index (χ0) is 26.1. The number of piperidine rings is 1. The molecule has 9 nitrogen and oxygen atoms in total. The number of hydrogen-bond donors (Lipinski definition) is 1. The van der Waals surface area contributed by atoms with E-state index in [1.54, 1.807) is 23.2 Å². The summed E-state index contributed by atoms with van der Waals surface area (Å²) < 4.78 is 28.9. The van der Waals surface area contributed by atoms with Gasteiger partial charge in [0.05, 0.1) is 33.4 Å². The number of carbonyl (C=O) groups is 1. The molecule has 0 bridgehead atoms. The molecule has 10 heteroatoms. The van der Waals surface area contributed by atoms with Crippen molar-refractivity contribution in [1.82, 2.24) is 29.5 Å². The fourth-order valence-corrected chi connectivity index (χ4v) is 6.48. The molecular weight excluding hydrogens is 476 g/mol. The Bertz CT molecular complexity index is 1300. The Hall–Kier alpha value is -2.72. The van der Waals surface area contributed by atoms with Gasteiger partial charge in [0.25, 0.3) is 5.91 Å². The number of rotatable bonds is 8. The number of carbonyl (C=O) groups excluding carboxylic acids is 1. The maximum atomic E-state index is 13.3. The van der Waals surface area contributed by atoms with Gasteiger partial charge in [-0.2, -0.15) is 5.10 Å². The van der Waals surface area contributed by atoms with Crippen LogP contribution in [0.1, 0.15) is 49.8 Å². The number of fused-ring (bicyclic) bond motifs is 1. The van der Waals surface area contributed by atoms with E-state index >= 15 is 0 Å². The average Bonchev–Trinajstić information content (AvgIpc) is 3.44. The van der Waals surface area contributed by atoms with Gasteiger partial charge >= 0.3 is 0 Å². The Morgan fingerprint density at radius 3 is 2.53 bits per heavy atom. The molecule has 1 N–H and O–H groups in total. The van der Waals surface area contributed by atoms with Crippen molar-refractivity contribution in [2.75, 3.05) is 39.5 Å². The maximum Gasteiger partial charge on any atom is 0.257 e. The van der Waals surface area contributed by atoms with Gasteiger partial charge in [-0.1, -0.05) is 20.8 Å². The topological polar surface area (TPSA) is 104 Å². The molecule has 36 heavy (non-hydrogen) atoms. The molecule has 1 amide bonds. The second-order valence-corrected chi connectivity index (χ2v) is 13.4. The predicted molar refractivity (Wildman–Crippen MR) is 141 cm³/mol. The number of hydrogen-bond acceptors (Lipinski definition) is 6. The van der Waals surface area contributed by atoms with Crippen molar-refractivity contribution in [3.63, 3.8) is 0 Å². The number of benzene rings is 1. The van der Waals surface area contributed by atoms with Gasteiger partial charge in [-0.3, -0.25) is 9.89 Å². The number of nitrogens with zero attached hydrogens (tertiary/aromatic N) is 5. The van der Waals surface area contributed by atoms with E-state index in [-0.39, 0.29) is 23.0 Å². The van der Waals surface area contributed by atoms with Crippen LogP contribution >= 0.6 is 0 Å². The van der Waals surface area contributed by atoms with Crippen LogP contribution in [-0.2, 0) is 22.8 Å². The second-order valence-electron chi connectivity index (χ2n) is 11.4. The van der Waals surface area contributed by atoms with Crippen LogP contribution in [0.15, 0.2) is 35.5 Å². The third-order valence-corrected chi connectivity index (χ3v) is 8.60. The van der Waals surface area contributed by atoms with Crippen LogP contribution in [0.3, 0.4) is 0 Å². The molecule has 0 aliphatic carbocycles. The summed E-state index contributed by atoms with van der Waals surface area (Å²) in [6, 6.07) is 5.37. The maximum absolute atomic E-state index is 13.3. The number of imidazole rings is 1. The number of H-pyrrole nitrogens is 1. The Morgan fingerprint density at radius 2 is 1.92 bits per heavy atom. The number of likely N-dealkylation sites (N-methyl/N-ethyl adjacent to an activating group) is 1. The standard InChI is InChI=1S/C26H38N6O3S/c1-26(2,3)15-24-29-22-14-21(6-7-23(22)32(24)13-12-30(4)5)36(34,35)18-19-8-10-31(11-9-19)25(33)20-16-27-28-17-20/h6-7,14,16-17,19H,8-13,15,18H2,1-5H3,(H,27,28). The van der Waals surface area contributed by atoms with Crippen LogP contribution < -0.4 is 0 Å². The van der Waals surface area contributed by atoms with Crippen molar-refractivity contribution in [2.24, 2.45) is 11.3 Å². The Balaban J connectivity index is 1.49. The van der Waals surface area contributed by atoms with Gasteiger partial charge in [0.2, 0.25) is 0 Å². The third-order valence-electron chi connectivity index (χ3n) is 6.72. The smallest absolute Gasteiger partial charge is 0.257 e. The molecule has 0 radical (unpaired) electrons. The highest BCUT2D eigenvalue weighted by atomic mass is 32.2. The third kappa shape index (κ3) is 6.15. The first-order chi connectivity index (χ1) is 16.9. The van der Waals surface area contributed by atoms with E-state index in [1.165, 1.54) is 6.20 Å². The minimum absolute atomic E-state index is 0.0215. The summed E-state index contributed by atoms with van der Waals surface area (Å²) in [4.78, 5) is 21.7. The minimum Gasteiger partial charge on any atom is -0.339 e. The molecule has 2 aromatic heterocycles. The average molecular weight is 515 g/mol. The zero-order valence-corrected chi connectivity index (χ0v) is 22.8. The van der Waals surface area contributed by atoms with Gasteiger partial charge in [0.15, 0.2) is 9.84 Å². The molecule has 0 saturated carbocycles. The number of aromatic amines is 1. The number of sulfone groups is 1. The van der Waals surface area contributed by atoms with Crippen LogP contribution in [0.5, 0.6) is 0 Å². The summed E-state index contributed by atoms with van der Waals surface area (Å²) in [5.41, 5.74) is 2.31. The molecule has 0 atom stereocenters. The monoisotopic (exact) mass is 514 g/mol. The van der Waals surface area contributed by atoms with E-state index < -0.39 is 9.84 Å². The van der Waals surface area contributed by atoms with Crippen molar-refractivity contribution in [2.45, 2.75) is 51.5 Å². The molecule has 196 valence electrons. The number of nitrogens with one attached hydrogen (secondary N) is 1. The van der Waals surface area contributed by atoms with Gasteiger partial charge in [-0.05, 0) is 56.5 Å². The van der Waals surface area contributed by atoms with E-state index in [0.29, 0.717) is 36.4 Å². The summed E-state index contributed by atoms with van der Waals surface area (Å²) in [5.74, 6) is 1.03. The largest absolute Gasteiger partial charge is 0.339 e. The first kappa shape index (κ1) is 26.3. The summed E-state index contributed by atoms with van der Waals surface area (Å²) in [6.45, 7) is 9.35. The minimum atomic E-state index is -3.47. The lowest BCUT2D eigenvalue weighted by Gasteiger charge is -2.31. The first-order valence-electron chi connectivity index (χ1n) is 12.6. The van der Waals surface area contributed by atoms with E-state index in [0.717, 1.165) is 36.4 Å². The molecule has 4 rings (SSSR count). The molecule has 3 aromatic rings. The molecule has 1 saturated heterocycles. The predicted octanol–water partition coefficient (Wildman–Crippen LogP) is 3.24. The molecule has 0 unspecified atom stereocenters. The van der Waals surface area contributed by atoms with Crippen LogP contribution in [0.2, 0.25) is 0 Å². The number of aromatic nitrogens is 4. The van der Waals surface area contributed by atoms with Gasteiger partial charge in [0, 0.05) is 38.8 Å². The SMILES string of the molecule is CN(C)CCn1c(CC(C)(C)C)nc2cc(S(=O)(=O)CC3CCN(C(=O)c4cn[nH]c4)CC3)ccc21. The highest BCUT2D eigenvalue weighted by Crippen LogP contribution is 2.28. The summed E-state index contributed by atoms with van der Waals surface area (Å²) in [6.07, 6.45) is 5.25. The second kappa shape index (κ2) is 10.3. The normalized spacial score (nSPS) is 15.8. The summed E-state index contributed by atoms with van der Waals surface area (Å²) in [7, 11) is 0.621. The molecule has 1 aromatic carbocycles. The van der Waals surface area contributed by atoms with Crippen LogP contribution in [-0.4, -0.2) is 83.4 Å². The van der Waals surface area contributed by atoms with Crippen molar-refractivity contribution in [3.05, 3.63) is 42.0 Å². The van der Waals surface area contributed by atoms with Crippen LogP contribution in [0.25, 0.3) is 11.0 Å². The van der Waals surface area contributed by atoms with Crippen molar-refractivity contribution in [1.29, 1.82) is 0 Å². The Kier molecular flexibility index (Phi) is 7.56.